The smallest absolute Gasteiger partial charge is 0.320 e. The summed E-state index contributed by atoms with van der Waals surface area (Å²) < 4.78 is 1.57. The minimum Gasteiger partial charge on any atom is -0.331 e. The molecule has 0 aliphatic rings. The van der Waals surface area contributed by atoms with E-state index >= 15 is 0 Å². The summed E-state index contributed by atoms with van der Waals surface area (Å²) in [6.45, 7) is 6.74. The summed E-state index contributed by atoms with van der Waals surface area (Å²) in [6, 6.07) is 3.16. The van der Waals surface area contributed by atoms with Crippen LogP contribution in [0.1, 0.15) is 31.5 Å². The number of hydrogen-bond donors (Lipinski definition) is 2. The van der Waals surface area contributed by atoms with E-state index in [0.29, 0.717) is 18.0 Å². The van der Waals surface area contributed by atoms with Crippen molar-refractivity contribution in [1.29, 1.82) is 0 Å². The Morgan fingerprint density at radius 3 is 2.87 bits per heavy atom. The molecule has 0 bridgehead atoms. The van der Waals surface area contributed by atoms with Crippen molar-refractivity contribution in [3.05, 3.63) is 40.6 Å². The molecule has 0 fully saturated rings. The van der Waals surface area contributed by atoms with Crippen molar-refractivity contribution in [3.8, 4) is 0 Å². The van der Waals surface area contributed by atoms with Gasteiger partial charge in [-0.15, -0.1) is 11.3 Å². The van der Waals surface area contributed by atoms with E-state index in [0.717, 1.165) is 10.7 Å². The maximum absolute atomic E-state index is 12.0. The summed E-state index contributed by atoms with van der Waals surface area (Å²) in [5.74, 6) is 0.562. The van der Waals surface area contributed by atoms with E-state index in [2.05, 4.69) is 46.5 Å². The fraction of sp³-hybridized carbons (Fsp3) is 0.333. The van der Waals surface area contributed by atoms with Gasteiger partial charge in [0.2, 0.25) is 0 Å². The Morgan fingerprint density at radius 2 is 2.13 bits per heavy atom. The molecular formula is C15H18N6OS. The molecule has 0 aliphatic carbocycles. The Balaban J connectivity index is 1.62. The van der Waals surface area contributed by atoms with Crippen molar-refractivity contribution in [1.82, 2.24) is 24.9 Å². The van der Waals surface area contributed by atoms with Gasteiger partial charge in [-0.05, 0) is 6.07 Å². The van der Waals surface area contributed by atoms with Crippen LogP contribution in [-0.4, -0.2) is 25.6 Å². The van der Waals surface area contributed by atoms with Crippen LogP contribution in [0.25, 0.3) is 5.65 Å². The molecule has 0 saturated carbocycles. The molecule has 0 atom stereocenters. The number of urea groups is 1. The molecular weight excluding hydrogens is 312 g/mol. The zero-order valence-electron chi connectivity index (χ0n) is 13.2. The lowest BCUT2D eigenvalue weighted by molar-refractivity contribution is 0.251. The van der Waals surface area contributed by atoms with Gasteiger partial charge < -0.3 is 5.32 Å². The highest BCUT2D eigenvalue weighted by atomic mass is 32.1. The summed E-state index contributed by atoms with van der Waals surface area (Å²) in [5.41, 5.74) is 1.73. The van der Waals surface area contributed by atoms with Crippen molar-refractivity contribution in [2.75, 3.05) is 5.32 Å². The molecule has 3 heterocycles. The van der Waals surface area contributed by atoms with Crippen LogP contribution in [0.2, 0.25) is 0 Å². The number of fused-ring (bicyclic) bond motifs is 1. The van der Waals surface area contributed by atoms with E-state index < -0.39 is 0 Å². The lowest BCUT2D eigenvalue weighted by Gasteiger charge is -2.14. The maximum Gasteiger partial charge on any atom is 0.320 e. The van der Waals surface area contributed by atoms with Crippen LogP contribution in [0.5, 0.6) is 0 Å². The van der Waals surface area contributed by atoms with Crippen LogP contribution in [0.4, 0.5) is 10.6 Å². The molecule has 2 N–H and O–H groups in total. The van der Waals surface area contributed by atoms with Crippen molar-refractivity contribution >= 4 is 28.8 Å². The first-order chi connectivity index (χ1) is 10.9. The summed E-state index contributed by atoms with van der Waals surface area (Å²) >= 11 is 1.55. The van der Waals surface area contributed by atoms with Gasteiger partial charge in [0.05, 0.1) is 18.4 Å². The Kier molecular flexibility index (Phi) is 3.99. The highest BCUT2D eigenvalue weighted by molar-refractivity contribution is 7.09. The zero-order chi connectivity index (χ0) is 16.4. The van der Waals surface area contributed by atoms with Gasteiger partial charge in [-0.2, -0.15) is 9.61 Å². The van der Waals surface area contributed by atoms with Crippen LogP contribution >= 0.6 is 11.3 Å². The Hall–Kier alpha value is -2.48. The van der Waals surface area contributed by atoms with Gasteiger partial charge >= 0.3 is 6.03 Å². The van der Waals surface area contributed by atoms with Crippen LogP contribution < -0.4 is 10.6 Å². The summed E-state index contributed by atoms with van der Waals surface area (Å²) in [7, 11) is 0. The average molecular weight is 330 g/mol. The molecule has 2 amide bonds. The molecule has 0 spiro atoms. The molecule has 3 aromatic heterocycles. The minimum atomic E-state index is -0.305. The third-order valence-corrected chi connectivity index (χ3v) is 4.10. The fourth-order valence-corrected chi connectivity index (χ4v) is 2.94. The molecule has 3 rings (SSSR count). The molecule has 0 aliphatic heterocycles. The third kappa shape index (κ3) is 3.48. The van der Waals surface area contributed by atoms with E-state index in [-0.39, 0.29) is 11.4 Å². The monoisotopic (exact) mass is 330 g/mol. The van der Waals surface area contributed by atoms with Gasteiger partial charge in [-0.1, -0.05) is 20.8 Å². The maximum atomic E-state index is 12.0. The SMILES string of the molecule is CC(C)(C)c1csc(CNC(=O)Nc2ccnc3ccnn23)n1. The van der Waals surface area contributed by atoms with Gasteiger partial charge in [0.25, 0.3) is 0 Å². The Morgan fingerprint density at radius 1 is 1.30 bits per heavy atom. The minimum absolute atomic E-state index is 0.0136. The molecule has 8 heteroatoms. The van der Waals surface area contributed by atoms with E-state index in [1.807, 2.05) is 5.38 Å². The molecule has 0 unspecified atom stereocenters. The van der Waals surface area contributed by atoms with E-state index in [1.54, 1.807) is 40.4 Å². The number of carbonyl (C=O) groups excluding carboxylic acids is 1. The molecule has 7 nitrogen and oxygen atoms in total. The Labute approximate surface area is 137 Å². The predicted octanol–water partition coefficient (Wildman–Crippen LogP) is 2.80. The quantitative estimate of drug-likeness (QED) is 0.773. The average Bonchev–Trinajstić information content (AvgIpc) is 3.14. The van der Waals surface area contributed by atoms with Gasteiger partial charge in [-0.3, -0.25) is 5.32 Å². The second-order valence-corrected chi connectivity index (χ2v) is 7.06. The summed E-state index contributed by atoms with van der Waals surface area (Å²) in [4.78, 5) is 20.7. The normalized spacial score (nSPS) is 11.6. The topological polar surface area (TPSA) is 84.2 Å². The van der Waals surface area contributed by atoms with E-state index in [9.17, 15) is 4.79 Å². The number of anilines is 1. The largest absolute Gasteiger partial charge is 0.331 e. The number of rotatable bonds is 3. The highest BCUT2D eigenvalue weighted by Gasteiger charge is 2.17. The van der Waals surface area contributed by atoms with E-state index in [1.165, 1.54) is 0 Å². The summed E-state index contributed by atoms with van der Waals surface area (Å²) in [6.07, 6.45) is 3.26. The number of carbonyl (C=O) groups is 1. The summed E-state index contributed by atoms with van der Waals surface area (Å²) in [5, 5.41) is 12.6. The molecule has 120 valence electrons. The Bertz CT molecular complexity index is 832. The van der Waals surface area contributed by atoms with Crippen molar-refractivity contribution in [2.24, 2.45) is 0 Å². The van der Waals surface area contributed by atoms with Crippen molar-refractivity contribution in [2.45, 2.75) is 32.7 Å². The molecule has 0 radical (unpaired) electrons. The third-order valence-electron chi connectivity index (χ3n) is 3.25. The van der Waals surface area contributed by atoms with Crippen LogP contribution in [0, 0.1) is 0 Å². The lowest BCUT2D eigenvalue weighted by atomic mass is 9.93. The number of aromatic nitrogens is 4. The number of amides is 2. The zero-order valence-corrected chi connectivity index (χ0v) is 14.0. The number of nitrogens with zero attached hydrogens (tertiary/aromatic N) is 4. The van der Waals surface area contributed by atoms with Gasteiger partial charge in [0.1, 0.15) is 10.8 Å². The number of hydrogen-bond acceptors (Lipinski definition) is 5. The van der Waals surface area contributed by atoms with Crippen molar-refractivity contribution in [3.63, 3.8) is 0 Å². The molecule has 23 heavy (non-hydrogen) atoms. The second-order valence-electron chi connectivity index (χ2n) is 6.12. The lowest BCUT2D eigenvalue weighted by Crippen LogP contribution is -2.29. The predicted molar refractivity (Wildman–Crippen MR) is 89.7 cm³/mol. The number of nitrogens with one attached hydrogen (secondary N) is 2. The van der Waals surface area contributed by atoms with Crippen LogP contribution in [0.3, 0.4) is 0 Å². The number of thiazole rings is 1. The van der Waals surface area contributed by atoms with Crippen LogP contribution in [0.15, 0.2) is 29.9 Å². The molecule has 0 saturated heterocycles. The first kappa shape index (κ1) is 15.4. The second kappa shape index (κ2) is 5.96. The van der Waals surface area contributed by atoms with Gasteiger partial charge in [0.15, 0.2) is 5.65 Å². The standard InChI is InChI=1S/C15H18N6OS/c1-15(2,3)10-9-23-13(19-10)8-17-14(22)20-12-4-6-16-11-5-7-18-21(11)12/h4-7,9H,8H2,1-3H3,(H2,17,20,22). The van der Waals surface area contributed by atoms with E-state index in [4.69, 9.17) is 0 Å². The highest BCUT2D eigenvalue weighted by Crippen LogP contribution is 2.23. The fourth-order valence-electron chi connectivity index (χ4n) is 1.98. The first-order valence-corrected chi connectivity index (χ1v) is 8.10. The van der Waals surface area contributed by atoms with Gasteiger partial charge in [-0.25, -0.2) is 14.8 Å². The van der Waals surface area contributed by atoms with Crippen molar-refractivity contribution < 1.29 is 4.79 Å². The molecule has 3 aromatic rings. The van der Waals surface area contributed by atoms with Gasteiger partial charge in [0, 0.05) is 23.1 Å². The first-order valence-electron chi connectivity index (χ1n) is 7.22. The van der Waals surface area contributed by atoms with Crippen LogP contribution in [-0.2, 0) is 12.0 Å². The molecule has 0 aromatic carbocycles.